The summed E-state index contributed by atoms with van der Waals surface area (Å²) in [6.07, 6.45) is -0.497. The summed E-state index contributed by atoms with van der Waals surface area (Å²) >= 11 is 1.36. The minimum Gasteiger partial charge on any atom is -0.475 e. The van der Waals surface area contributed by atoms with Gasteiger partial charge in [0.2, 0.25) is 5.82 Å². The molecular formula is C19H19N3O4S. The van der Waals surface area contributed by atoms with Crippen LogP contribution < -0.4 is 5.32 Å². The molecule has 0 atom stereocenters. The van der Waals surface area contributed by atoms with Gasteiger partial charge < -0.3 is 15.2 Å². The van der Waals surface area contributed by atoms with E-state index in [0.29, 0.717) is 10.5 Å². The Balaban J connectivity index is 1.88. The molecular weight excluding hydrogens is 366 g/mol. The number of aromatic carboxylic acids is 1. The molecule has 0 unspecified atom stereocenters. The number of carbonyl (C=O) groups is 2. The highest BCUT2D eigenvalue weighted by Crippen LogP contribution is 2.29. The van der Waals surface area contributed by atoms with E-state index in [1.807, 2.05) is 35.7 Å². The van der Waals surface area contributed by atoms with Crippen LogP contribution in [0.3, 0.4) is 0 Å². The summed E-state index contributed by atoms with van der Waals surface area (Å²) in [6, 6.07) is 9.28. The van der Waals surface area contributed by atoms with Crippen molar-refractivity contribution in [2.75, 3.05) is 0 Å². The lowest BCUT2D eigenvalue weighted by molar-refractivity contribution is 0.0523. The number of thiophene rings is 1. The molecule has 8 heteroatoms. The van der Waals surface area contributed by atoms with Crippen molar-refractivity contribution < 1.29 is 19.4 Å². The van der Waals surface area contributed by atoms with Gasteiger partial charge in [0.15, 0.2) is 0 Å². The van der Waals surface area contributed by atoms with E-state index in [9.17, 15) is 14.7 Å². The smallest absolute Gasteiger partial charge is 0.407 e. The fourth-order valence-electron chi connectivity index (χ4n) is 2.49. The average molecular weight is 385 g/mol. The van der Waals surface area contributed by atoms with Gasteiger partial charge in [0, 0.05) is 17.5 Å². The Kier molecular flexibility index (Phi) is 5.09. The second-order valence-corrected chi connectivity index (χ2v) is 7.79. The van der Waals surface area contributed by atoms with Crippen LogP contribution >= 0.6 is 11.3 Å². The first kappa shape index (κ1) is 18.8. The zero-order valence-corrected chi connectivity index (χ0v) is 16.0. The highest BCUT2D eigenvalue weighted by molar-refractivity contribution is 7.16. The van der Waals surface area contributed by atoms with Crippen LogP contribution in [0, 0.1) is 0 Å². The molecule has 140 valence electrons. The molecule has 1 aromatic carbocycles. The highest BCUT2D eigenvalue weighted by atomic mass is 32.1. The number of carboxylic acids is 1. The topological polar surface area (TPSA) is 101 Å². The minimum absolute atomic E-state index is 0.239. The summed E-state index contributed by atoms with van der Waals surface area (Å²) in [5, 5.41) is 14.6. The quantitative estimate of drug-likeness (QED) is 0.702. The molecule has 1 amide bonds. The van der Waals surface area contributed by atoms with Crippen LogP contribution in [0.25, 0.3) is 21.5 Å². The summed E-state index contributed by atoms with van der Waals surface area (Å²) in [4.78, 5) is 32.1. The number of hydrogen-bond acceptors (Lipinski definition) is 6. The number of alkyl carbamates (subject to hydrolysis) is 1. The second kappa shape index (κ2) is 7.32. The molecule has 0 aliphatic heterocycles. The molecule has 0 aliphatic carbocycles. The van der Waals surface area contributed by atoms with Crippen LogP contribution in [-0.4, -0.2) is 32.7 Å². The molecule has 0 bridgehead atoms. The van der Waals surface area contributed by atoms with Crippen molar-refractivity contribution in [2.24, 2.45) is 0 Å². The van der Waals surface area contributed by atoms with Crippen molar-refractivity contribution in [2.45, 2.75) is 32.9 Å². The largest absolute Gasteiger partial charge is 0.475 e. The Morgan fingerprint density at radius 1 is 1.22 bits per heavy atom. The minimum atomic E-state index is -1.17. The number of benzene rings is 1. The lowest BCUT2D eigenvalue weighted by Gasteiger charge is -2.19. The molecule has 0 saturated heterocycles. The number of hydrogen-bond donors (Lipinski definition) is 2. The van der Waals surface area contributed by atoms with Gasteiger partial charge in [0.1, 0.15) is 10.4 Å². The zero-order valence-electron chi connectivity index (χ0n) is 15.1. The molecule has 2 heterocycles. The maximum atomic E-state index is 11.8. The van der Waals surface area contributed by atoms with Gasteiger partial charge in [0.25, 0.3) is 0 Å². The van der Waals surface area contributed by atoms with Crippen molar-refractivity contribution >= 4 is 33.6 Å². The number of aromatic nitrogens is 2. The molecule has 0 radical (unpaired) electrons. The Labute approximate surface area is 160 Å². The third-order valence-electron chi connectivity index (χ3n) is 3.55. The predicted octanol–water partition coefficient (Wildman–Crippen LogP) is 4.08. The van der Waals surface area contributed by atoms with Gasteiger partial charge in [0.05, 0.1) is 5.69 Å². The normalized spacial score (nSPS) is 11.4. The van der Waals surface area contributed by atoms with Crippen LogP contribution in [0.15, 0.2) is 35.7 Å². The Morgan fingerprint density at radius 2 is 2.00 bits per heavy atom. The number of nitrogens with one attached hydrogen (secondary N) is 1. The van der Waals surface area contributed by atoms with E-state index in [1.165, 1.54) is 11.3 Å². The van der Waals surface area contributed by atoms with Crippen LogP contribution in [0.5, 0.6) is 0 Å². The summed E-state index contributed by atoms with van der Waals surface area (Å²) in [7, 11) is 0. The second-order valence-electron chi connectivity index (χ2n) is 6.90. The van der Waals surface area contributed by atoms with E-state index < -0.39 is 17.7 Å². The zero-order chi connectivity index (χ0) is 19.6. The number of amides is 1. The van der Waals surface area contributed by atoms with Crippen LogP contribution in [0.4, 0.5) is 4.79 Å². The van der Waals surface area contributed by atoms with Crippen LogP contribution in [0.1, 0.15) is 37.0 Å². The van der Waals surface area contributed by atoms with E-state index >= 15 is 0 Å². The molecule has 0 aliphatic rings. The molecule has 3 rings (SSSR count). The number of rotatable bonds is 4. The first-order valence-electron chi connectivity index (χ1n) is 8.27. The lowest BCUT2D eigenvalue weighted by Crippen LogP contribution is -2.32. The molecule has 2 N–H and O–H groups in total. The summed E-state index contributed by atoms with van der Waals surface area (Å²) < 4.78 is 5.23. The number of ether oxygens (including phenoxy) is 1. The van der Waals surface area contributed by atoms with Gasteiger partial charge in [-0.1, -0.05) is 18.2 Å². The first-order valence-corrected chi connectivity index (χ1v) is 9.15. The Bertz CT molecular complexity index is 1010. The van der Waals surface area contributed by atoms with Crippen LogP contribution in [-0.2, 0) is 11.3 Å². The van der Waals surface area contributed by atoms with Gasteiger partial charge in [-0.3, -0.25) is 0 Å². The summed E-state index contributed by atoms with van der Waals surface area (Å²) in [5.74, 6) is -1.41. The molecule has 0 spiro atoms. The molecule has 0 saturated carbocycles. The van der Waals surface area contributed by atoms with Gasteiger partial charge in [-0.25, -0.2) is 19.6 Å². The maximum absolute atomic E-state index is 11.8. The fourth-order valence-corrected chi connectivity index (χ4v) is 3.25. The lowest BCUT2D eigenvalue weighted by atomic mass is 10.1. The van der Waals surface area contributed by atoms with Crippen molar-refractivity contribution in [3.63, 3.8) is 0 Å². The van der Waals surface area contributed by atoms with Crippen molar-refractivity contribution in [3.05, 3.63) is 47.1 Å². The van der Waals surface area contributed by atoms with Gasteiger partial charge in [-0.05, 0) is 43.8 Å². The fraction of sp³-hybridized carbons (Fsp3) is 0.263. The SMILES string of the molecule is CC(C)(C)OC(=O)NCc1cccc(-c2nc(C(=O)O)nc3sccc23)c1. The van der Waals surface area contributed by atoms with Crippen molar-refractivity contribution in [3.8, 4) is 11.3 Å². The first-order chi connectivity index (χ1) is 12.7. The average Bonchev–Trinajstić information content (AvgIpc) is 3.06. The summed E-state index contributed by atoms with van der Waals surface area (Å²) in [6.45, 7) is 5.68. The van der Waals surface area contributed by atoms with Crippen molar-refractivity contribution in [1.82, 2.24) is 15.3 Å². The van der Waals surface area contributed by atoms with E-state index in [-0.39, 0.29) is 12.4 Å². The Morgan fingerprint density at radius 3 is 2.70 bits per heavy atom. The third-order valence-corrected chi connectivity index (χ3v) is 4.36. The van der Waals surface area contributed by atoms with Gasteiger partial charge in [-0.15, -0.1) is 11.3 Å². The number of nitrogens with zero attached hydrogens (tertiary/aromatic N) is 2. The summed E-state index contributed by atoms with van der Waals surface area (Å²) in [5.41, 5.74) is 1.59. The van der Waals surface area contributed by atoms with Crippen molar-refractivity contribution in [1.29, 1.82) is 0 Å². The molecule has 7 nitrogen and oxygen atoms in total. The monoisotopic (exact) mass is 385 g/mol. The van der Waals surface area contributed by atoms with E-state index in [2.05, 4.69) is 15.3 Å². The van der Waals surface area contributed by atoms with Crippen LogP contribution in [0.2, 0.25) is 0 Å². The number of fused-ring (bicyclic) bond motifs is 1. The predicted molar refractivity (Wildman–Crippen MR) is 103 cm³/mol. The Hall–Kier alpha value is -3.00. The maximum Gasteiger partial charge on any atom is 0.407 e. The third kappa shape index (κ3) is 4.59. The van der Waals surface area contributed by atoms with E-state index in [0.717, 1.165) is 16.5 Å². The number of carboxylic acid groups (broad SMARTS) is 1. The highest BCUT2D eigenvalue weighted by Gasteiger charge is 2.17. The standard InChI is InChI=1S/C19H19N3O4S/c1-19(2,3)26-18(25)20-10-11-5-4-6-12(9-11)14-13-7-8-27-16(13)22-15(21-14)17(23)24/h4-9H,10H2,1-3H3,(H,20,25)(H,23,24). The van der Waals surface area contributed by atoms with E-state index in [4.69, 9.17) is 4.74 Å². The van der Waals surface area contributed by atoms with Gasteiger partial charge in [-0.2, -0.15) is 0 Å². The molecule has 3 aromatic rings. The van der Waals surface area contributed by atoms with E-state index in [1.54, 1.807) is 20.8 Å². The van der Waals surface area contributed by atoms with Gasteiger partial charge >= 0.3 is 12.1 Å². The molecule has 0 fully saturated rings. The molecule has 27 heavy (non-hydrogen) atoms. The number of carbonyl (C=O) groups excluding carboxylic acids is 1. The molecule has 2 aromatic heterocycles.